The van der Waals surface area contributed by atoms with Gasteiger partial charge < -0.3 is 14.4 Å². The first-order valence-corrected chi connectivity index (χ1v) is 9.17. The van der Waals surface area contributed by atoms with Crippen molar-refractivity contribution < 1.29 is 19.1 Å². The van der Waals surface area contributed by atoms with Gasteiger partial charge in [-0.3, -0.25) is 14.4 Å². The Balaban J connectivity index is 1.94. The van der Waals surface area contributed by atoms with Gasteiger partial charge in [-0.2, -0.15) is 0 Å². The standard InChI is InChI=1S/C20H21N2O4.Al/c1-14(20(25)26-11-10-22-18(23)13-21)16-8-5-9-17(12-16)19(24)15-6-3-2-4-7-15;/h2-9,12,14,21H,10-11,13H2,1H3,(H,22,23);/q-1;+1. The summed E-state index contributed by atoms with van der Waals surface area (Å²) in [6, 6.07) is 16.0. The lowest BCUT2D eigenvalue weighted by molar-refractivity contribution is -0.145. The average molecular weight is 380 g/mol. The van der Waals surface area contributed by atoms with Crippen molar-refractivity contribution in [3.8, 4) is 0 Å². The third-order valence-corrected chi connectivity index (χ3v) is 4.17. The number of amides is 1. The highest BCUT2D eigenvalue weighted by Gasteiger charge is 2.18. The summed E-state index contributed by atoms with van der Waals surface area (Å²) in [5, 5.41) is 2.62. The van der Waals surface area contributed by atoms with Crippen LogP contribution in [0.1, 0.15) is 34.3 Å². The van der Waals surface area contributed by atoms with Crippen LogP contribution < -0.4 is 9.62 Å². The number of ketones is 1. The Kier molecular flexibility index (Phi) is 8.21. The van der Waals surface area contributed by atoms with Crippen LogP contribution in [0.2, 0.25) is 0 Å². The fourth-order valence-electron chi connectivity index (χ4n) is 2.46. The highest BCUT2D eigenvalue weighted by Crippen LogP contribution is 2.20. The summed E-state index contributed by atoms with van der Waals surface area (Å²) in [5.74, 6) is -1.19. The highest BCUT2D eigenvalue weighted by atomic mass is 27.1. The fourth-order valence-corrected chi connectivity index (χ4v) is 2.65. The smallest absolute Gasteiger partial charge is 0.313 e. The van der Waals surface area contributed by atoms with Crippen molar-refractivity contribution >= 4 is 34.2 Å². The van der Waals surface area contributed by atoms with Gasteiger partial charge in [0.1, 0.15) is 6.61 Å². The Labute approximate surface area is 166 Å². The number of carbonyl (C=O) groups excluding carboxylic acids is 3. The van der Waals surface area contributed by atoms with E-state index < -0.39 is 11.9 Å². The van der Waals surface area contributed by atoms with Crippen LogP contribution in [-0.4, -0.2) is 53.9 Å². The monoisotopic (exact) mass is 380 g/mol. The molecule has 7 heteroatoms. The molecule has 27 heavy (non-hydrogen) atoms. The van der Waals surface area contributed by atoms with Gasteiger partial charge in [-0.05, 0) is 18.6 Å². The lowest BCUT2D eigenvalue weighted by atomic mass is 9.96. The Morgan fingerprint density at radius 3 is 2.44 bits per heavy atom. The second kappa shape index (κ2) is 10.6. The van der Waals surface area contributed by atoms with Crippen LogP contribution >= 0.6 is 0 Å². The summed E-state index contributed by atoms with van der Waals surface area (Å²) in [6.45, 7) is 2.24. The molecule has 0 fully saturated rings. The van der Waals surface area contributed by atoms with E-state index in [0.717, 1.165) is 0 Å². The summed E-state index contributed by atoms with van der Waals surface area (Å²) >= 11 is 2.24. The van der Waals surface area contributed by atoms with E-state index in [1.807, 2.05) is 18.2 Å². The average Bonchev–Trinajstić information content (AvgIpc) is 2.71. The molecule has 2 aromatic carbocycles. The van der Waals surface area contributed by atoms with Gasteiger partial charge in [0, 0.05) is 11.1 Å². The molecule has 2 rings (SSSR count). The van der Waals surface area contributed by atoms with E-state index in [9.17, 15) is 14.4 Å². The first kappa shape index (κ1) is 20.8. The van der Waals surface area contributed by atoms with Crippen LogP contribution in [0.15, 0.2) is 54.6 Å². The van der Waals surface area contributed by atoms with E-state index in [-0.39, 0.29) is 31.4 Å². The number of ether oxygens (including phenoxy) is 1. The Morgan fingerprint density at radius 1 is 1.04 bits per heavy atom. The number of carbonyl (C=O) groups is 3. The molecule has 138 valence electrons. The molecule has 6 nitrogen and oxygen atoms in total. The normalized spacial score (nSPS) is 11.4. The van der Waals surface area contributed by atoms with Crippen molar-refractivity contribution in [1.82, 2.24) is 9.62 Å². The number of rotatable bonds is 9. The molecule has 0 spiro atoms. The minimum absolute atomic E-state index is 0.0917. The number of esters is 1. The molecule has 2 N–H and O–H groups in total. The SMILES string of the molecule is CC(C(=O)OCCNC(=O)C[NH][Al])c1cccc(C(=O)c2ccccc2)c1. The van der Waals surface area contributed by atoms with Crippen molar-refractivity contribution in [2.45, 2.75) is 12.8 Å². The van der Waals surface area contributed by atoms with E-state index in [4.69, 9.17) is 4.74 Å². The predicted molar refractivity (Wildman–Crippen MR) is 102 cm³/mol. The van der Waals surface area contributed by atoms with E-state index in [1.54, 1.807) is 43.3 Å². The zero-order valence-electron chi connectivity index (χ0n) is 15.1. The Hall–Kier alpha value is -2.46. The summed E-state index contributed by atoms with van der Waals surface area (Å²) in [6.07, 6.45) is 0. The van der Waals surface area contributed by atoms with Crippen molar-refractivity contribution in [3.63, 3.8) is 0 Å². The number of hydrogen-bond acceptors (Lipinski definition) is 5. The molecule has 1 atom stereocenters. The predicted octanol–water partition coefficient (Wildman–Crippen LogP) is 1.35. The van der Waals surface area contributed by atoms with Gasteiger partial charge in [-0.15, -0.1) is 0 Å². The van der Waals surface area contributed by atoms with Crippen molar-refractivity contribution in [3.05, 3.63) is 71.3 Å². The molecule has 0 aliphatic rings. The maximum absolute atomic E-state index is 12.6. The molecule has 1 amide bonds. The Bertz CT molecular complexity index is 796. The molecular formula is C20H21AlN2O4. The van der Waals surface area contributed by atoms with Crippen molar-refractivity contribution in [1.29, 1.82) is 0 Å². The molecule has 2 aromatic rings. The lowest BCUT2D eigenvalue weighted by Crippen LogP contribution is -2.35. The second-order valence-electron chi connectivity index (χ2n) is 5.94. The summed E-state index contributed by atoms with van der Waals surface area (Å²) in [4.78, 5) is 36.1. The topological polar surface area (TPSA) is 84.5 Å². The third-order valence-electron chi connectivity index (χ3n) is 3.97. The summed E-state index contributed by atoms with van der Waals surface area (Å²) in [7, 11) is 0. The molecule has 2 radical (unpaired) electrons. The largest absolute Gasteiger partial charge is 0.463 e. The van der Waals surface area contributed by atoms with E-state index in [2.05, 4.69) is 26.1 Å². The zero-order chi connectivity index (χ0) is 19.6. The minimum atomic E-state index is -0.516. The molecule has 0 aliphatic carbocycles. The summed E-state index contributed by atoms with van der Waals surface area (Å²) < 4.78 is 7.86. The van der Waals surface area contributed by atoms with Crippen LogP contribution in [0, 0.1) is 0 Å². The first-order valence-electron chi connectivity index (χ1n) is 8.59. The van der Waals surface area contributed by atoms with Gasteiger partial charge in [-0.25, -0.2) is 0 Å². The second-order valence-corrected chi connectivity index (χ2v) is 6.35. The van der Waals surface area contributed by atoms with Gasteiger partial charge >= 0.3 is 5.97 Å². The maximum Gasteiger partial charge on any atom is 0.313 e. The molecule has 0 saturated carbocycles. The molecular weight excluding hydrogens is 359 g/mol. The van der Waals surface area contributed by atoms with Gasteiger partial charge in [0.2, 0.25) is 5.91 Å². The molecule has 0 aromatic heterocycles. The van der Waals surface area contributed by atoms with Crippen molar-refractivity contribution in [2.24, 2.45) is 0 Å². The number of nitrogens with one attached hydrogen (secondary N) is 2. The van der Waals surface area contributed by atoms with Gasteiger partial charge in [0.15, 0.2) is 5.78 Å². The minimum Gasteiger partial charge on any atom is -0.463 e. The highest BCUT2D eigenvalue weighted by molar-refractivity contribution is 6.09. The molecule has 0 heterocycles. The quantitative estimate of drug-likeness (QED) is 0.297. The lowest BCUT2D eigenvalue weighted by Gasteiger charge is -2.13. The molecule has 0 aliphatic heterocycles. The molecule has 1 unspecified atom stereocenters. The maximum atomic E-state index is 12.6. The zero-order valence-corrected chi connectivity index (χ0v) is 16.3. The van der Waals surface area contributed by atoms with Crippen LogP contribution in [0.4, 0.5) is 0 Å². The molecule has 0 saturated heterocycles. The van der Waals surface area contributed by atoms with Crippen LogP contribution in [-0.2, 0) is 14.3 Å². The van der Waals surface area contributed by atoms with Crippen LogP contribution in [0.5, 0.6) is 0 Å². The van der Waals surface area contributed by atoms with E-state index >= 15 is 0 Å². The van der Waals surface area contributed by atoms with Gasteiger partial charge in [0.25, 0.3) is 16.5 Å². The van der Waals surface area contributed by atoms with Gasteiger partial charge in [0.05, 0.1) is 19.0 Å². The van der Waals surface area contributed by atoms with Crippen molar-refractivity contribution in [2.75, 3.05) is 19.7 Å². The summed E-state index contributed by atoms with van der Waals surface area (Å²) in [5.41, 5.74) is 1.83. The van der Waals surface area contributed by atoms with E-state index in [1.165, 1.54) is 0 Å². The molecule has 0 bridgehead atoms. The number of benzene rings is 2. The Morgan fingerprint density at radius 2 is 1.74 bits per heavy atom. The fraction of sp³-hybridized carbons (Fsp3) is 0.250. The van der Waals surface area contributed by atoms with E-state index in [0.29, 0.717) is 16.7 Å². The van der Waals surface area contributed by atoms with Crippen LogP contribution in [0.25, 0.3) is 0 Å². The van der Waals surface area contributed by atoms with Gasteiger partial charge in [-0.1, -0.05) is 48.5 Å². The van der Waals surface area contributed by atoms with Crippen LogP contribution in [0.3, 0.4) is 0 Å². The third kappa shape index (κ3) is 6.33. The first-order chi connectivity index (χ1) is 13.0. The number of hydrogen-bond donors (Lipinski definition) is 2.